The van der Waals surface area contributed by atoms with Gasteiger partial charge < -0.3 is 25.0 Å². The smallest absolute Gasteiger partial charge is 0.257 e. The number of ether oxygens (including phenoxy) is 2. The van der Waals surface area contributed by atoms with Gasteiger partial charge in [-0.2, -0.15) is 0 Å². The second-order valence-corrected chi connectivity index (χ2v) is 11.7. The van der Waals surface area contributed by atoms with Gasteiger partial charge in [0.2, 0.25) is 11.8 Å². The van der Waals surface area contributed by atoms with Crippen LogP contribution in [-0.4, -0.2) is 61.1 Å². The summed E-state index contributed by atoms with van der Waals surface area (Å²) in [7, 11) is 1.79. The number of thiophene rings is 1. The summed E-state index contributed by atoms with van der Waals surface area (Å²) in [5.74, 6) is 0.797. The van der Waals surface area contributed by atoms with Gasteiger partial charge in [-0.25, -0.2) is 0 Å². The number of rotatable bonds is 7. The van der Waals surface area contributed by atoms with Crippen molar-refractivity contribution in [3.63, 3.8) is 0 Å². The first-order valence-corrected chi connectivity index (χ1v) is 14.6. The van der Waals surface area contributed by atoms with Crippen LogP contribution in [0.2, 0.25) is 0 Å². The van der Waals surface area contributed by atoms with Gasteiger partial charge in [0.25, 0.3) is 5.91 Å². The summed E-state index contributed by atoms with van der Waals surface area (Å²) in [6, 6.07) is 8.86. The van der Waals surface area contributed by atoms with E-state index in [1.807, 2.05) is 17.5 Å². The van der Waals surface area contributed by atoms with E-state index in [1.165, 1.54) is 43.4 Å². The van der Waals surface area contributed by atoms with Crippen molar-refractivity contribution < 1.29 is 23.9 Å². The van der Waals surface area contributed by atoms with Gasteiger partial charge in [0.05, 0.1) is 30.6 Å². The number of fused-ring (bicyclic) bond motifs is 2. The standard InChI is InChI=1S/C29H37N3O5S/c1-32-24-11-10-21(15-27(33)30-17-19-6-3-2-4-7-19)37-26(24)18-36-25-12-9-20(14-23(25)29(32)35)31-28(34)16-22-8-5-13-38-22/h5,8-9,12-14,19,21,24,26H,2-4,6-7,10-11,15-18H2,1H3,(H,30,33)(H,31,34)/t21-,24-,26-/m1/s1. The minimum absolute atomic E-state index is 0.0363. The van der Waals surface area contributed by atoms with Crippen LogP contribution < -0.4 is 15.4 Å². The zero-order valence-electron chi connectivity index (χ0n) is 21.9. The molecule has 2 N–H and O–H groups in total. The molecule has 8 nitrogen and oxygen atoms in total. The summed E-state index contributed by atoms with van der Waals surface area (Å²) < 4.78 is 12.4. The molecule has 3 amide bonds. The van der Waals surface area contributed by atoms with Crippen LogP contribution in [0.5, 0.6) is 5.75 Å². The monoisotopic (exact) mass is 539 g/mol. The molecule has 3 aliphatic rings. The quantitative estimate of drug-likeness (QED) is 0.544. The molecular formula is C29H37N3O5S. The van der Waals surface area contributed by atoms with E-state index < -0.39 is 0 Å². The third kappa shape index (κ3) is 6.56. The summed E-state index contributed by atoms with van der Waals surface area (Å²) in [6.07, 6.45) is 7.80. The number of hydrogen-bond donors (Lipinski definition) is 2. The highest BCUT2D eigenvalue weighted by Crippen LogP contribution is 2.32. The number of nitrogens with one attached hydrogen (secondary N) is 2. The highest BCUT2D eigenvalue weighted by atomic mass is 32.1. The first-order chi connectivity index (χ1) is 18.5. The van der Waals surface area contributed by atoms with Crippen LogP contribution in [0.25, 0.3) is 0 Å². The summed E-state index contributed by atoms with van der Waals surface area (Å²) in [5.41, 5.74) is 0.982. The van der Waals surface area contributed by atoms with Crippen molar-refractivity contribution in [2.45, 2.75) is 76.0 Å². The zero-order chi connectivity index (χ0) is 26.5. The van der Waals surface area contributed by atoms with E-state index in [9.17, 15) is 14.4 Å². The van der Waals surface area contributed by atoms with Crippen LogP contribution in [0.3, 0.4) is 0 Å². The Labute approximate surface area is 228 Å². The highest BCUT2D eigenvalue weighted by Gasteiger charge is 2.39. The maximum Gasteiger partial charge on any atom is 0.257 e. The molecule has 1 saturated carbocycles. The molecule has 2 aliphatic heterocycles. The predicted molar refractivity (Wildman–Crippen MR) is 147 cm³/mol. The van der Waals surface area contributed by atoms with Gasteiger partial charge in [-0.15, -0.1) is 11.3 Å². The molecule has 2 aromatic rings. The fourth-order valence-corrected chi connectivity index (χ4v) is 6.51. The summed E-state index contributed by atoms with van der Waals surface area (Å²) >= 11 is 1.54. The Morgan fingerprint density at radius 2 is 1.92 bits per heavy atom. The molecule has 204 valence electrons. The minimum atomic E-state index is -0.313. The van der Waals surface area contributed by atoms with E-state index >= 15 is 0 Å². The van der Waals surface area contributed by atoms with Crippen molar-refractivity contribution in [1.82, 2.24) is 10.2 Å². The third-order valence-electron chi connectivity index (χ3n) is 7.94. The maximum absolute atomic E-state index is 13.4. The Morgan fingerprint density at radius 1 is 1.08 bits per heavy atom. The maximum atomic E-state index is 13.4. The molecule has 1 aromatic heterocycles. The van der Waals surface area contributed by atoms with Crippen molar-refractivity contribution in [3.8, 4) is 5.75 Å². The molecule has 9 heteroatoms. The van der Waals surface area contributed by atoms with E-state index in [1.54, 1.807) is 30.1 Å². The molecule has 0 unspecified atom stereocenters. The van der Waals surface area contributed by atoms with E-state index in [-0.39, 0.29) is 36.0 Å². The molecular weight excluding hydrogens is 502 g/mol. The molecule has 0 spiro atoms. The number of carbonyl (C=O) groups excluding carboxylic acids is 3. The molecule has 0 radical (unpaired) electrons. The molecule has 1 aromatic carbocycles. The fraction of sp³-hybridized carbons (Fsp3) is 0.552. The van der Waals surface area contributed by atoms with Gasteiger partial charge in [-0.1, -0.05) is 25.3 Å². The molecule has 5 rings (SSSR count). The van der Waals surface area contributed by atoms with Gasteiger partial charge in [0.1, 0.15) is 18.5 Å². The van der Waals surface area contributed by atoms with Crippen molar-refractivity contribution in [2.24, 2.45) is 5.92 Å². The lowest BCUT2D eigenvalue weighted by Crippen LogP contribution is -2.54. The Balaban J connectivity index is 1.18. The number of benzene rings is 1. The van der Waals surface area contributed by atoms with Crippen LogP contribution in [0.15, 0.2) is 35.7 Å². The Kier molecular flexibility index (Phi) is 8.64. The van der Waals surface area contributed by atoms with Gasteiger partial charge in [-0.3, -0.25) is 14.4 Å². The van der Waals surface area contributed by atoms with E-state index in [4.69, 9.17) is 9.47 Å². The number of anilines is 1. The lowest BCUT2D eigenvalue weighted by Gasteiger charge is -2.42. The summed E-state index contributed by atoms with van der Waals surface area (Å²) in [4.78, 5) is 41.2. The Hall–Kier alpha value is -2.91. The second kappa shape index (κ2) is 12.3. The molecule has 1 aliphatic carbocycles. The van der Waals surface area contributed by atoms with Crippen LogP contribution >= 0.6 is 11.3 Å². The fourth-order valence-electron chi connectivity index (χ4n) is 5.81. The summed E-state index contributed by atoms with van der Waals surface area (Å²) in [6.45, 7) is 1.05. The average Bonchev–Trinajstić information content (AvgIpc) is 3.43. The van der Waals surface area contributed by atoms with Gasteiger partial charge in [0, 0.05) is 24.2 Å². The lowest BCUT2D eigenvalue weighted by molar-refractivity contribution is -0.134. The zero-order valence-corrected chi connectivity index (χ0v) is 22.8. The Bertz CT molecular complexity index is 1130. The van der Waals surface area contributed by atoms with Crippen molar-refractivity contribution in [2.75, 3.05) is 25.5 Å². The third-order valence-corrected chi connectivity index (χ3v) is 8.81. The number of carbonyl (C=O) groups is 3. The molecule has 1 saturated heterocycles. The predicted octanol–water partition coefficient (Wildman–Crippen LogP) is 4.40. The number of hydrogen-bond acceptors (Lipinski definition) is 6. The highest BCUT2D eigenvalue weighted by molar-refractivity contribution is 7.10. The second-order valence-electron chi connectivity index (χ2n) is 10.7. The van der Waals surface area contributed by atoms with Crippen molar-refractivity contribution in [1.29, 1.82) is 0 Å². The number of amides is 3. The topological polar surface area (TPSA) is 97.0 Å². The average molecular weight is 540 g/mol. The molecule has 0 bridgehead atoms. The first kappa shape index (κ1) is 26.7. The largest absolute Gasteiger partial charge is 0.490 e. The Morgan fingerprint density at radius 3 is 2.71 bits per heavy atom. The van der Waals surface area contributed by atoms with E-state index in [2.05, 4.69) is 10.6 Å². The van der Waals surface area contributed by atoms with Gasteiger partial charge in [-0.05, 0) is 61.2 Å². The lowest BCUT2D eigenvalue weighted by atomic mass is 9.89. The summed E-state index contributed by atoms with van der Waals surface area (Å²) in [5, 5.41) is 7.94. The number of nitrogens with zero attached hydrogens (tertiary/aromatic N) is 1. The van der Waals surface area contributed by atoms with E-state index in [0.29, 0.717) is 48.8 Å². The first-order valence-electron chi connectivity index (χ1n) is 13.7. The molecule has 3 heterocycles. The van der Waals surface area contributed by atoms with Crippen LogP contribution in [0, 0.1) is 5.92 Å². The van der Waals surface area contributed by atoms with Crippen LogP contribution in [0.4, 0.5) is 5.69 Å². The molecule has 2 fully saturated rings. The molecule has 38 heavy (non-hydrogen) atoms. The SMILES string of the molecule is CN1C(=O)c2cc(NC(=O)Cc3cccs3)ccc2OC[C@H]2O[C@@H](CC(=O)NCC3CCCCC3)CC[C@H]21. The minimum Gasteiger partial charge on any atom is -0.490 e. The van der Waals surface area contributed by atoms with Gasteiger partial charge in [0.15, 0.2) is 0 Å². The molecule has 3 atom stereocenters. The van der Waals surface area contributed by atoms with E-state index in [0.717, 1.165) is 17.8 Å². The van der Waals surface area contributed by atoms with Crippen LogP contribution in [0.1, 0.15) is 66.6 Å². The van der Waals surface area contributed by atoms with Crippen molar-refractivity contribution >= 4 is 34.7 Å². The normalized spacial score (nSPS) is 23.9. The number of likely N-dealkylation sites (N-methyl/N-ethyl adjacent to an activating group) is 1. The van der Waals surface area contributed by atoms with Gasteiger partial charge >= 0.3 is 0 Å². The van der Waals surface area contributed by atoms with Crippen LogP contribution in [-0.2, 0) is 20.7 Å². The van der Waals surface area contributed by atoms with Crippen molar-refractivity contribution in [3.05, 3.63) is 46.2 Å².